The van der Waals surface area contributed by atoms with Gasteiger partial charge in [-0.1, -0.05) is 26.7 Å². The van der Waals surface area contributed by atoms with E-state index in [4.69, 9.17) is 10.5 Å². The van der Waals surface area contributed by atoms with Crippen LogP contribution in [0.15, 0.2) is 23.1 Å². The van der Waals surface area contributed by atoms with E-state index in [0.29, 0.717) is 24.5 Å². The fourth-order valence-electron chi connectivity index (χ4n) is 2.04. The Morgan fingerprint density at radius 3 is 2.14 bits per heavy atom. The molecule has 5 nitrogen and oxygen atoms in total. The van der Waals surface area contributed by atoms with E-state index in [1.165, 1.54) is 13.2 Å². The summed E-state index contributed by atoms with van der Waals surface area (Å²) in [6.45, 7) is 5.20. The van der Waals surface area contributed by atoms with Gasteiger partial charge in [-0.2, -0.15) is 4.31 Å². The monoisotopic (exact) mass is 314 g/mol. The van der Waals surface area contributed by atoms with Gasteiger partial charge in [0.15, 0.2) is 0 Å². The molecule has 1 aromatic carbocycles. The van der Waals surface area contributed by atoms with E-state index in [-0.39, 0.29) is 4.90 Å². The Kier molecular flexibility index (Phi) is 6.98. The summed E-state index contributed by atoms with van der Waals surface area (Å²) >= 11 is 0. The number of nitrogen functional groups attached to an aromatic ring is 1. The molecule has 1 rings (SSSR count). The van der Waals surface area contributed by atoms with Crippen LogP contribution < -0.4 is 10.5 Å². The molecule has 0 aliphatic heterocycles. The van der Waals surface area contributed by atoms with E-state index in [9.17, 15) is 8.42 Å². The van der Waals surface area contributed by atoms with Gasteiger partial charge in [-0.15, -0.1) is 0 Å². The zero-order valence-electron chi connectivity index (χ0n) is 13.1. The van der Waals surface area contributed by atoms with E-state index < -0.39 is 10.0 Å². The van der Waals surface area contributed by atoms with Crippen molar-refractivity contribution in [3.63, 3.8) is 0 Å². The molecule has 0 aliphatic rings. The smallest absolute Gasteiger partial charge is 0.243 e. The van der Waals surface area contributed by atoms with Crippen LogP contribution in [0.2, 0.25) is 0 Å². The first kappa shape index (κ1) is 17.8. The molecule has 120 valence electrons. The van der Waals surface area contributed by atoms with Crippen LogP contribution >= 0.6 is 0 Å². The standard InChI is InChI=1S/C15H26N2O3S/c1-4-6-10-17(11-7-5-2)21(18,19)13-8-9-15(20-3)14(16)12-13/h8-9,12H,4-7,10-11,16H2,1-3H3. The summed E-state index contributed by atoms with van der Waals surface area (Å²) in [5, 5.41) is 0. The summed E-state index contributed by atoms with van der Waals surface area (Å²) in [6.07, 6.45) is 3.63. The van der Waals surface area contributed by atoms with Crippen LogP contribution in [-0.4, -0.2) is 32.9 Å². The van der Waals surface area contributed by atoms with Crippen LogP contribution in [-0.2, 0) is 10.0 Å². The molecule has 0 fully saturated rings. The maximum atomic E-state index is 12.7. The summed E-state index contributed by atoms with van der Waals surface area (Å²) in [5.74, 6) is 0.489. The largest absolute Gasteiger partial charge is 0.495 e. The van der Waals surface area contributed by atoms with Gasteiger partial charge in [0.2, 0.25) is 10.0 Å². The molecular weight excluding hydrogens is 288 g/mol. The first-order valence-corrected chi connectivity index (χ1v) is 8.85. The lowest BCUT2D eigenvalue weighted by atomic mass is 10.3. The normalized spacial score (nSPS) is 11.8. The highest BCUT2D eigenvalue weighted by Gasteiger charge is 2.24. The van der Waals surface area contributed by atoms with Gasteiger partial charge >= 0.3 is 0 Å². The second-order valence-corrected chi connectivity index (χ2v) is 6.95. The number of ether oxygens (including phenoxy) is 1. The molecule has 0 aliphatic carbocycles. The van der Waals surface area contributed by atoms with Gasteiger partial charge in [-0.05, 0) is 31.0 Å². The molecule has 0 saturated heterocycles. The van der Waals surface area contributed by atoms with Crippen molar-refractivity contribution in [1.82, 2.24) is 4.31 Å². The number of sulfonamides is 1. The Balaban J connectivity index is 3.06. The Bertz CT molecular complexity index is 536. The van der Waals surface area contributed by atoms with E-state index in [0.717, 1.165) is 25.7 Å². The highest BCUT2D eigenvalue weighted by molar-refractivity contribution is 7.89. The van der Waals surface area contributed by atoms with Crippen LogP contribution in [0.4, 0.5) is 5.69 Å². The quantitative estimate of drug-likeness (QED) is 0.711. The van der Waals surface area contributed by atoms with Crippen molar-refractivity contribution in [2.45, 2.75) is 44.4 Å². The van der Waals surface area contributed by atoms with Crippen molar-refractivity contribution in [2.24, 2.45) is 0 Å². The van der Waals surface area contributed by atoms with Gasteiger partial charge in [0.05, 0.1) is 17.7 Å². The van der Waals surface area contributed by atoms with E-state index in [2.05, 4.69) is 13.8 Å². The Morgan fingerprint density at radius 2 is 1.71 bits per heavy atom. The summed E-state index contributed by atoms with van der Waals surface area (Å²) < 4.78 is 32.1. The molecule has 21 heavy (non-hydrogen) atoms. The topological polar surface area (TPSA) is 72.6 Å². The fourth-order valence-corrected chi connectivity index (χ4v) is 3.60. The van der Waals surface area contributed by atoms with Crippen molar-refractivity contribution >= 4 is 15.7 Å². The van der Waals surface area contributed by atoms with Gasteiger partial charge in [0.25, 0.3) is 0 Å². The minimum Gasteiger partial charge on any atom is -0.495 e. The van der Waals surface area contributed by atoms with Crippen LogP contribution in [0, 0.1) is 0 Å². The third-order valence-electron chi connectivity index (χ3n) is 3.36. The van der Waals surface area contributed by atoms with Gasteiger partial charge in [-0.25, -0.2) is 8.42 Å². The molecule has 0 saturated carbocycles. The lowest BCUT2D eigenvalue weighted by Gasteiger charge is -2.22. The molecule has 0 bridgehead atoms. The Labute approximate surface area is 128 Å². The molecule has 0 aromatic heterocycles. The molecule has 2 N–H and O–H groups in total. The first-order valence-electron chi connectivity index (χ1n) is 7.41. The van der Waals surface area contributed by atoms with E-state index in [1.54, 1.807) is 16.4 Å². The molecule has 0 amide bonds. The van der Waals surface area contributed by atoms with Crippen LogP contribution in [0.5, 0.6) is 5.75 Å². The summed E-state index contributed by atoms with van der Waals surface area (Å²) in [6, 6.07) is 4.62. The van der Waals surface area contributed by atoms with Crippen molar-refractivity contribution in [3.8, 4) is 5.75 Å². The SMILES string of the molecule is CCCCN(CCCC)S(=O)(=O)c1ccc(OC)c(N)c1. The predicted molar refractivity (Wildman–Crippen MR) is 86.0 cm³/mol. The zero-order valence-corrected chi connectivity index (χ0v) is 13.9. The van der Waals surface area contributed by atoms with Crippen LogP contribution in [0.25, 0.3) is 0 Å². The average Bonchev–Trinajstić information content (AvgIpc) is 2.47. The number of unbranched alkanes of at least 4 members (excludes halogenated alkanes) is 2. The van der Waals surface area contributed by atoms with Crippen molar-refractivity contribution in [1.29, 1.82) is 0 Å². The molecular formula is C15H26N2O3S. The van der Waals surface area contributed by atoms with Gasteiger partial charge in [0, 0.05) is 13.1 Å². The third-order valence-corrected chi connectivity index (χ3v) is 5.26. The predicted octanol–water partition coefficient (Wildman–Crippen LogP) is 2.87. The fraction of sp³-hybridized carbons (Fsp3) is 0.600. The number of rotatable bonds is 9. The van der Waals surface area contributed by atoms with E-state index in [1.807, 2.05) is 0 Å². The lowest BCUT2D eigenvalue weighted by Crippen LogP contribution is -2.33. The highest BCUT2D eigenvalue weighted by atomic mass is 32.2. The van der Waals surface area contributed by atoms with Crippen molar-refractivity contribution in [3.05, 3.63) is 18.2 Å². The van der Waals surface area contributed by atoms with Crippen molar-refractivity contribution < 1.29 is 13.2 Å². The van der Waals surface area contributed by atoms with Gasteiger partial charge in [0.1, 0.15) is 5.75 Å². The number of methoxy groups -OCH3 is 1. The average molecular weight is 314 g/mol. The minimum atomic E-state index is -3.50. The molecule has 1 aromatic rings. The minimum absolute atomic E-state index is 0.230. The van der Waals surface area contributed by atoms with Gasteiger partial charge in [-0.3, -0.25) is 0 Å². The summed E-state index contributed by atoms with van der Waals surface area (Å²) in [7, 11) is -1.99. The van der Waals surface area contributed by atoms with Gasteiger partial charge < -0.3 is 10.5 Å². The maximum Gasteiger partial charge on any atom is 0.243 e. The van der Waals surface area contributed by atoms with Crippen LogP contribution in [0.3, 0.4) is 0 Å². The highest BCUT2D eigenvalue weighted by Crippen LogP contribution is 2.26. The molecule has 0 heterocycles. The lowest BCUT2D eigenvalue weighted by molar-refractivity contribution is 0.395. The third kappa shape index (κ3) is 4.61. The molecule has 6 heteroatoms. The second-order valence-electron chi connectivity index (χ2n) is 5.01. The number of anilines is 1. The molecule has 0 unspecified atom stereocenters. The molecule has 0 radical (unpaired) electrons. The number of benzene rings is 1. The first-order chi connectivity index (χ1) is 9.97. The summed E-state index contributed by atoms with van der Waals surface area (Å²) in [5.41, 5.74) is 6.16. The number of hydrogen-bond acceptors (Lipinski definition) is 4. The number of hydrogen-bond donors (Lipinski definition) is 1. The van der Waals surface area contributed by atoms with Crippen molar-refractivity contribution in [2.75, 3.05) is 25.9 Å². The summed E-state index contributed by atoms with van der Waals surface area (Å²) in [4.78, 5) is 0.230. The zero-order chi connectivity index (χ0) is 15.9. The molecule has 0 atom stereocenters. The van der Waals surface area contributed by atoms with E-state index >= 15 is 0 Å². The Morgan fingerprint density at radius 1 is 1.14 bits per heavy atom. The number of nitrogens with zero attached hydrogens (tertiary/aromatic N) is 1. The Hall–Kier alpha value is -1.27. The molecule has 0 spiro atoms. The van der Waals surface area contributed by atoms with Crippen LogP contribution in [0.1, 0.15) is 39.5 Å². The maximum absolute atomic E-state index is 12.7. The second kappa shape index (κ2) is 8.24. The number of nitrogens with two attached hydrogens (primary N) is 1.